The Balaban J connectivity index is 1.05. The number of benzene rings is 2. The maximum Gasteiger partial charge on any atom is 0.416 e. The number of halogens is 3. The van der Waals surface area contributed by atoms with Crippen molar-refractivity contribution in [3.05, 3.63) is 65.2 Å². The smallest absolute Gasteiger partial charge is 0.362 e. The third kappa shape index (κ3) is 3.58. The van der Waals surface area contributed by atoms with Gasteiger partial charge in [0.1, 0.15) is 6.10 Å². The number of hydrogen-bond donors (Lipinski definition) is 1. The number of thioether (sulfide) groups is 1. The first-order chi connectivity index (χ1) is 17.7. The summed E-state index contributed by atoms with van der Waals surface area (Å²) in [6, 6.07) is 13.0. The lowest BCUT2D eigenvalue weighted by molar-refractivity contribution is -0.175. The number of hydrogen-bond acceptors (Lipinski definition) is 3. The van der Waals surface area contributed by atoms with Crippen molar-refractivity contribution < 1.29 is 22.7 Å². The molecule has 3 atom stereocenters. The van der Waals surface area contributed by atoms with Crippen LogP contribution in [0.2, 0.25) is 0 Å². The highest BCUT2D eigenvalue weighted by Gasteiger charge is 2.77. The summed E-state index contributed by atoms with van der Waals surface area (Å²) in [6.07, 6.45) is 2.33. The van der Waals surface area contributed by atoms with Crippen LogP contribution in [-0.4, -0.2) is 41.9 Å². The molecule has 8 heteroatoms. The molecule has 2 amide bonds. The predicted molar refractivity (Wildman–Crippen MR) is 135 cm³/mol. The van der Waals surface area contributed by atoms with Gasteiger partial charge in [0, 0.05) is 10.4 Å². The number of rotatable bonds is 6. The van der Waals surface area contributed by atoms with Crippen molar-refractivity contribution in [1.82, 2.24) is 10.2 Å². The van der Waals surface area contributed by atoms with Gasteiger partial charge in [-0.2, -0.15) is 13.2 Å². The quantitative estimate of drug-likeness (QED) is 0.435. The van der Waals surface area contributed by atoms with Crippen molar-refractivity contribution >= 4 is 17.8 Å². The third-order valence-electron chi connectivity index (χ3n) is 10.1. The minimum absolute atomic E-state index is 0.0448. The Morgan fingerprint density at radius 2 is 1.73 bits per heavy atom. The molecule has 0 radical (unpaired) electrons. The Morgan fingerprint density at radius 3 is 2.32 bits per heavy atom. The summed E-state index contributed by atoms with van der Waals surface area (Å²) in [5.41, 5.74) is 0.583. The van der Waals surface area contributed by atoms with Gasteiger partial charge in [-0.1, -0.05) is 30.3 Å². The summed E-state index contributed by atoms with van der Waals surface area (Å²) in [5, 5.41) is 3.40. The van der Waals surface area contributed by atoms with Gasteiger partial charge in [0.25, 0.3) is 0 Å². The molecule has 1 saturated heterocycles. The van der Waals surface area contributed by atoms with Gasteiger partial charge in [0.05, 0.1) is 24.8 Å². The highest BCUT2D eigenvalue weighted by molar-refractivity contribution is 7.98. The van der Waals surface area contributed by atoms with E-state index in [2.05, 4.69) is 5.32 Å². The van der Waals surface area contributed by atoms with E-state index >= 15 is 0 Å². The Bertz CT molecular complexity index is 1210. The van der Waals surface area contributed by atoms with Crippen LogP contribution < -0.4 is 5.32 Å². The molecule has 7 rings (SSSR count). The van der Waals surface area contributed by atoms with Gasteiger partial charge in [-0.05, 0) is 90.9 Å². The largest absolute Gasteiger partial charge is 0.416 e. The van der Waals surface area contributed by atoms with E-state index in [0.29, 0.717) is 24.1 Å². The van der Waals surface area contributed by atoms with Crippen LogP contribution in [0.1, 0.15) is 54.9 Å². The van der Waals surface area contributed by atoms with Crippen LogP contribution in [0, 0.1) is 23.2 Å². The van der Waals surface area contributed by atoms with E-state index < -0.39 is 17.8 Å². The van der Waals surface area contributed by atoms with Gasteiger partial charge >= 0.3 is 12.2 Å². The number of carbonyl (C=O) groups is 1. The molecule has 5 fully saturated rings. The molecule has 0 aromatic heterocycles. The van der Waals surface area contributed by atoms with Crippen molar-refractivity contribution in [2.45, 2.75) is 60.9 Å². The molecule has 1 heterocycles. The molecule has 1 spiro atoms. The molecule has 3 unspecified atom stereocenters. The summed E-state index contributed by atoms with van der Waals surface area (Å²) in [7, 11) is 0. The molecule has 4 saturated carbocycles. The highest BCUT2D eigenvalue weighted by atomic mass is 32.2. The fourth-order valence-corrected chi connectivity index (χ4v) is 8.91. The first kappa shape index (κ1) is 23.9. The Labute approximate surface area is 219 Å². The van der Waals surface area contributed by atoms with Crippen LogP contribution in [0.15, 0.2) is 53.4 Å². The van der Waals surface area contributed by atoms with Crippen molar-refractivity contribution in [3.8, 4) is 0 Å². The van der Waals surface area contributed by atoms with Crippen LogP contribution in [0.3, 0.4) is 0 Å². The van der Waals surface area contributed by atoms with Crippen LogP contribution in [-0.2, 0) is 10.9 Å². The van der Waals surface area contributed by atoms with Gasteiger partial charge in [0.15, 0.2) is 0 Å². The summed E-state index contributed by atoms with van der Waals surface area (Å²) in [6.45, 7) is 0.770. The second-order valence-electron chi connectivity index (χ2n) is 11.9. The molecule has 2 aromatic rings. The van der Waals surface area contributed by atoms with Gasteiger partial charge in [0.2, 0.25) is 0 Å². The van der Waals surface area contributed by atoms with E-state index in [9.17, 15) is 18.0 Å². The zero-order chi connectivity index (χ0) is 25.6. The zero-order valence-corrected chi connectivity index (χ0v) is 21.6. The Hall–Kier alpha value is -2.19. The third-order valence-corrected chi connectivity index (χ3v) is 10.9. The normalized spacial score (nSPS) is 34.3. The first-order valence-electron chi connectivity index (χ1n) is 13.2. The topological polar surface area (TPSA) is 41.6 Å². The number of fused-ring (bicyclic) bond motifs is 1. The summed E-state index contributed by atoms with van der Waals surface area (Å²) in [5.74, 6) is 2.49. The van der Waals surface area contributed by atoms with Crippen LogP contribution >= 0.6 is 11.8 Å². The average molecular weight is 529 g/mol. The molecule has 4 aliphatic carbocycles. The molecular weight excluding hydrogens is 497 g/mol. The lowest BCUT2D eigenvalue weighted by Gasteiger charge is -2.66. The molecule has 5 aliphatic rings. The molecule has 2 bridgehead atoms. The van der Waals surface area contributed by atoms with E-state index in [4.69, 9.17) is 4.74 Å². The molecule has 2 aromatic carbocycles. The van der Waals surface area contributed by atoms with Gasteiger partial charge in [-0.25, -0.2) is 4.79 Å². The molecule has 37 heavy (non-hydrogen) atoms. The SMILES string of the molecule is CSc1ccc(C(OC2CN(C(=O)NC34CC5CC6CC(C3)C65C4)C2)c2ccccc2C(F)(F)F)cc1. The molecule has 4 nitrogen and oxygen atoms in total. The number of nitrogens with one attached hydrogen (secondary N) is 1. The van der Waals surface area contributed by atoms with Gasteiger partial charge in [-0.15, -0.1) is 11.8 Å². The van der Waals surface area contributed by atoms with Gasteiger partial charge < -0.3 is 15.0 Å². The molecule has 1 N–H and O–H groups in total. The number of alkyl halides is 3. The van der Waals surface area contributed by atoms with Crippen LogP contribution in [0.4, 0.5) is 18.0 Å². The minimum Gasteiger partial charge on any atom is -0.362 e. The summed E-state index contributed by atoms with van der Waals surface area (Å²) in [4.78, 5) is 15.9. The van der Waals surface area contributed by atoms with Gasteiger partial charge in [-0.3, -0.25) is 0 Å². The number of nitrogens with zero attached hydrogens (tertiary/aromatic N) is 1. The predicted octanol–water partition coefficient (Wildman–Crippen LogP) is 6.51. The number of carbonyl (C=O) groups excluding carboxylic acids is 1. The van der Waals surface area contributed by atoms with Crippen molar-refractivity contribution in [1.29, 1.82) is 0 Å². The monoisotopic (exact) mass is 528 g/mol. The second kappa shape index (κ2) is 8.15. The summed E-state index contributed by atoms with van der Waals surface area (Å²) < 4.78 is 48.0. The molecule has 196 valence electrons. The van der Waals surface area contributed by atoms with Crippen molar-refractivity contribution in [2.75, 3.05) is 19.3 Å². The standard InChI is InChI=1S/C29H31F3N2O2S/c1-37-22-8-6-17(7-9-22)25(23-4-2-3-5-24(23)29(30,31)32)36-21-14-34(15-21)26(35)33-27-12-19-10-18-11-20(13-27)28(18,19)16-27/h2-9,18-21,25H,10-16H2,1H3,(H,33,35). The maximum atomic E-state index is 13.9. The average Bonchev–Trinajstić information content (AvgIpc) is 3.30. The van der Waals surface area contributed by atoms with E-state index in [-0.39, 0.29) is 23.2 Å². The lowest BCUT2D eigenvalue weighted by Crippen LogP contribution is -2.62. The lowest BCUT2D eigenvalue weighted by atomic mass is 9.38. The van der Waals surface area contributed by atoms with Crippen molar-refractivity contribution in [2.24, 2.45) is 23.2 Å². The van der Waals surface area contributed by atoms with Crippen LogP contribution in [0.5, 0.6) is 0 Å². The summed E-state index contributed by atoms with van der Waals surface area (Å²) >= 11 is 1.58. The maximum absolute atomic E-state index is 13.9. The van der Waals surface area contributed by atoms with E-state index in [1.807, 2.05) is 30.5 Å². The fourth-order valence-electron chi connectivity index (χ4n) is 8.51. The van der Waals surface area contributed by atoms with Crippen molar-refractivity contribution in [3.63, 3.8) is 0 Å². The Kier molecular flexibility index (Phi) is 5.27. The zero-order valence-electron chi connectivity index (χ0n) is 20.8. The number of urea groups is 1. The Morgan fingerprint density at radius 1 is 1.05 bits per heavy atom. The number of likely N-dealkylation sites (tertiary alicyclic amines) is 1. The molecule has 1 aliphatic heterocycles. The molecular formula is C29H31F3N2O2S. The number of amides is 2. The highest BCUT2D eigenvalue weighted by Crippen LogP contribution is 2.82. The van der Waals surface area contributed by atoms with E-state index in [1.165, 1.54) is 25.0 Å². The minimum atomic E-state index is -4.48. The fraction of sp³-hybridized carbons (Fsp3) is 0.552. The number of ether oxygens (including phenoxy) is 1. The first-order valence-corrected chi connectivity index (χ1v) is 14.5. The van der Waals surface area contributed by atoms with E-state index in [0.717, 1.165) is 48.0 Å². The second-order valence-corrected chi connectivity index (χ2v) is 12.8. The van der Waals surface area contributed by atoms with Crippen LogP contribution in [0.25, 0.3) is 0 Å². The van der Waals surface area contributed by atoms with E-state index in [1.54, 1.807) is 22.7 Å².